The number of hydrogen-bond donors (Lipinski definition) is 2. The van der Waals surface area contributed by atoms with Crippen LogP contribution >= 0.6 is 0 Å². The van der Waals surface area contributed by atoms with Crippen molar-refractivity contribution in [1.29, 1.82) is 0 Å². The summed E-state index contributed by atoms with van der Waals surface area (Å²) in [5.74, 6) is -0.290. The molecule has 1 aliphatic heterocycles. The second-order valence-electron chi connectivity index (χ2n) is 5.73. The molecule has 0 aromatic rings. The highest BCUT2D eigenvalue weighted by atomic mass is 16.5. The lowest BCUT2D eigenvalue weighted by molar-refractivity contribution is -0.149. The average Bonchev–Trinajstić information content (AvgIpc) is 2.53. The topological polar surface area (TPSA) is 93.1 Å². The molecule has 1 unspecified atom stereocenters. The van der Waals surface area contributed by atoms with Gasteiger partial charge in [-0.2, -0.15) is 0 Å². The lowest BCUT2D eigenvalue weighted by atomic mass is 10.1. The van der Waals surface area contributed by atoms with Crippen molar-refractivity contribution in [2.75, 3.05) is 19.8 Å². The highest BCUT2D eigenvalue weighted by molar-refractivity contribution is 5.70. The van der Waals surface area contributed by atoms with Gasteiger partial charge in [0.25, 0.3) is 0 Å². The molecule has 1 fully saturated rings. The normalized spacial score (nSPS) is 22.3. The van der Waals surface area contributed by atoms with E-state index in [4.69, 9.17) is 19.7 Å². The van der Waals surface area contributed by atoms with Crippen LogP contribution in [0.15, 0.2) is 0 Å². The van der Waals surface area contributed by atoms with E-state index in [-0.39, 0.29) is 31.3 Å². The predicted octanol–water partition coefficient (Wildman–Crippen LogP) is 2.35. The molecule has 0 saturated carbocycles. The molecular weight excluding hydrogens is 300 g/mol. The van der Waals surface area contributed by atoms with Crippen molar-refractivity contribution >= 4 is 11.9 Å². The SMILES string of the molecule is CC1CCCCCCCOC(=O)CCCCC(=O)O1.OCCO. The van der Waals surface area contributed by atoms with Crippen LogP contribution in [0.4, 0.5) is 0 Å². The Kier molecular flexibility index (Phi) is 15.0. The molecule has 1 heterocycles. The number of aliphatic hydroxyl groups is 2. The number of ether oxygens (including phenoxy) is 2. The van der Waals surface area contributed by atoms with Crippen LogP contribution in [0.1, 0.15) is 71.1 Å². The second-order valence-corrected chi connectivity index (χ2v) is 5.73. The van der Waals surface area contributed by atoms with Gasteiger partial charge >= 0.3 is 11.9 Å². The zero-order chi connectivity index (χ0) is 17.3. The molecule has 0 bridgehead atoms. The third-order valence-corrected chi connectivity index (χ3v) is 3.46. The first kappa shape index (κ1) is 21.9. The summed E-state index contributed by atoms with van der Waals surface area (Å²) in [6, 6.07) is 0. The Morgan fingerprint density at radius 1 is 0.870 bits per heavy atom. The highest BCUT2D eigenvalue weighted by Gasteiger charge is 2.10. The number of hydrogen-bond acceptors (Lipinski definition) is 6. The van der Waals surface area contributed by atoms with E-state index >= 15 is 0 Å². The van der Waals surface area contributed by atoms with Crippen LogP contribution in [-0.4, -0.2) is 48.1 Å². The van der Waals surface area contributed by atoms with E-state index < -0.39 is 0 Å². The molecule has 1 saturated heterocycles. The summed E-state index contributed by atoms with van der Waals surface area (Å²) in [4.78, 5) is 22.9. The van der Waals surface area contributed by atoms with Crippen molar-refractivity contribution < 1.29 is 29.3 Å². The molecule has 0 radical (unpaired) electrons. The molecule has 6 nitrogen and oxygen atoms in total. The maximum atomic E-state index is 11.5. The molecule has 0 aliphatic carbocycles. The number of carbonyl (C=O) groups is 2. The maximum absolute atomic E-state index is 11.5. The van der Waals surface area contributed by atoms with Gasteiger partial charge in [0, 0.05) is 12.8 Å². The predicted molar refractivity (Wildman–Crippen MR) is 86.9 cm³/mol. The Morgan fingerprint density at radius 2 is 1.43 bits per heavy atom. The zero-order valence-electron chi connectivity index (χ0n) is 14.3. The van der Waals surface area contributed by atoms with Gasteiger partial charge in [-0.1, -0.05) is 19.3 Å². The smallest absolute Gasteiger partial charge is 0.306 e. The molecule has 1 atom stereocenters. The fourth-order valence-electron chi connectivity index (χ4n) is 2.20. The van der Waals surface area contributed by atoms with E-state index in [1.807, 2.05) is 6.92 Å². The molecule has 0 aromatic carbocycles. The van der Waals surface area contributed by atoms with Crippen LogP contribution in [0.3, 0.4) is 0 Å². The van der Waals surface area contributed by atoms with Crippen LogP contribution in [0.5, 0.6) is 0 Å². The lowest BCUT2D eigenvalue weighted by Gasteiger charge is -2.13. The summed E-state index contributed by atoms with van der Waals surface area (Å²) < 4.78 is 10.5. The zero-order valence-corrected chi connectivity index (χ0v) is 14.3. The number of cyclic esters (lactones) is 2. The van der Waals surface area contributed by atoms with Crippen LogP contribution in [0.25, 0.3) is 0 Å². The van der Waals surface area contributed by atoms with Gasteiger partial charge in [0.2, 0.25) is 0 Å². The first-order valence-corrected chi connectivity index (χ1v) is 8.67. The highest BCUT2D eigenvalue weighted by Crippen LogP contribution is 2.12. The summed E-state index contributed by atoms with van der Waals surface area (Å²) in [6.45, 7) is 2.25. The van der Waals surface area contributed by atoms with Gasteiger partial charge in [0.05, 0.1) is 25.9 Å². The quantitative estimate of drug-likeness (QED) is 0.716. The Bertz CT molecular complexity index is 303. The summed E-state index contributed by atoms with van der Waals surface area (Å²) in [6.07, 6.45) is 8.61. The van der Waals surface area contributed by atoms with Crippen molar-refractivity contribution in [3.05, 3.63) is 0 Å². The first-order chi connectivity index (χ1) is 11.1. The standard InChI is InChI=1S/C15H26O4.C2H6O2/c1-13-9-5-3-2-4-8-12-18-14(16)10-6-7-11-15(17)19-13;3-1-2-4/h13H,2-12H2,1H3;3-4H,1-2H2. The number of aliphatic hydroxyl groups excluding tert-OH is 2. The number of carbonyl (C=O) groups excluding carboxylic acids is 2. The second kappa shape index (κ2) is 15.7. The third kappa shape index (κ3) is 15.5. The third-order valence-electron chi connectivity index (χ3n) is 3.46. The van der Waals surface area contributed by atoms with Crippen LogP contribution < -0.4 is 0 Å². The lowest BCUT2D eigenvalue weighted by Crippen LogP contribution is -2.15. The molecule has 6 heteroatoms. The molecule has 23 heavy (non-hydrogen) atoms. The van der Waals surface area contributed by atoms with E-state index in [9.17, 15) is 9.59 Å². The molecule has 1 rings (SSSR count). The van der Waals surface area contributed by atoms with Crippen molar-refractivity contribution in [3.8, 4) is 0 Å². The molecule has 1 aliphatic rings. The number of rotatable bonds is 1. The van der Waals surface area contributed by atoms with E-state index in [2.05, 4.69) is 0 Å². The van der Waals surface area contributed by atoms with Crippen molar-refractivity contribution in [3.63, 3.8) is 0 Å². The molecule has 0 amide bonds. The summed E-state index contributed by atoms with van der Waals surface area (Å²) in [7, 11) is 0. The van der Waals surface area contributed by atoms with Crippen molar-refractivity contribution in [1.82, 2.24) is 0 Å². The van der Waals surface area contributed by atoms with Gasteiger partial charge in [-0.15, -0.1) is 0 Å². The average molecular weight is 332 g/mol. The maximum Gasteiger partial charge on any atom is 0.306 e. The van der Waals surface area contributed by atoms with E-state index in [0.29, 0.717) is 32.3 Å². The Hall–Kier alpha value is -1.14. The van der Waals surface area contributed by atoms with Crippen LogP contribution in [-0.2, 0) is 19.1 Å². The minimum atomic E-state index is -0.145. The summed E-state index contributed by atoms with van der Waals surface area (Å²) in [5.41, 5.74) is 0. The van der Waals surface area contributed by atoms with Gasteiger partial charge in [0.15, 0.2) is 0 Å². The summed E-state index contributed by atoms with van der Waals surface area (Å²) in [5, 5.41) is 15.2. The molecule has 2 N–H and O–H groups in total. The van der Waals surface area contributed by atoms with Gasteiger partial charge in [-0.05, 0) is 39.0 Å². The fourth-order valence-corrected chi connectivity index (χ4v) is 2.20. The van der Waals surface area contributed by atoms with Crippen LogP contribution in [0.2, 0.25) is 0 Å². The van der Waals surface area contributed by atoms with Gasteiger partial charge in [-0.3, -0.25) is 9.59 Å². The molecule has 0 aromatic heterocycles. The molecule has 136 valence electrons. The molecular formula is C17H32O6. The Labute approximate surface area is 139 Å². The van der Waals surface area contributed by atoms with Crippen molar-refractivity contribution in [2.45, 2.75) is 77.2 Å². The number of esters is 2. The first-order valence-electron chi connectivity index (χ1n) is 8.67. The van der Waals surface area contributed by atoms with Crippen LogP contribution in [0, 0.1) is 0 Å². The Morgan fingerprint density at radius 3 is 2.09 bits per heavy atom. The minimum Gasteiger partial charge on any atom is -0.466 e. The van der Waals surface area contributed by atoms with Gasteiger partial charge in [0.1, 0.15) is 0 Å². The van der Waals surface area contributed by atoms with E-state index in [0.717, 1.165) is 38.5 Å². The summed E-state index contributed by atoms with van der Waals surface area (Å²) >= 11 is 0. The van der Waals surface area contributed by atoms with Gasteiger partial charge in [-0.25, -0.2) is 0 Å². The van der Waals surface area contributed by atoms with Gasteiger partial charge < -0.3 is 19.7 Å². The minimum absolute atomic E-state index is 0.0189. The van der Waals surface area contributed by atoms with E-state index in [1.165, 1.54) is 0 Å². The fraction of sp³-hybridized carbons (Fsp3) is 0.882. The largest absolute Gasteiger partial charge is 0.466 e. The monoisotopic (exact) mass is 332 g/mol. The molecule has 0 spiro atoms. The van der Waals surface area contributed by atoms with E-state index in [1.54, 1.807) is 0 Å². The Balaban J connectivity index is 0.00000108. The van der Waals surface area contributed by atoms with Crippen molar-refractivity contribution in [2.24, 2.45) is 0 Å².